The summed E-state index contributed by atoms with van der Waals surface area (Å²) in [6.45, 7) is 0. The SMILES string of the molecule is C(=Cc1cccc(-c2ccccc2-c2cccc3ccccc23)c1)c1ccccc1. The summed E-state index contributed by atoms with van der Waals surface area (Å²) in [4.78, 5) is 0. The predicted octanol–water partition coefficient (Wildman–Crippen LogP) is 8.34. The van der Waals surface area contributed by atoms with Gasteiger partial charge in [0.25, 0.3) is 0 Å². The van der Waals surface area contributed by atoms with Crippen molar-refractivity contribution in [2.75, 3.05) is 0 Å². The molecule has 0 aliphatic rings. The molecule has 0 radical (unpaired) electrons. The lowest BCUT2D eigenvalue weighted by Gasteiger charge is -2.13. The first-order chi connectivity index (χ1) is 14.9. The van der Waals surface area contributed by atoms with Crippen LogP contribution in [0.4, 0.5) is 0 Å². The van der Waals surface area contributed by atoms with Crippen LogP contribution in [-0.4, -0.2) is 0 Å². The summed E-state index contributed by atoms with van der Waals surface area (Å²) >= 11 is 0. The van der Waals surface area contributed by atoms with Crippen LogP contribution in [0.1, 0.15) is 11.1 Å². The lowest BCUT2D eigenvalue weighted by molar-refractivity contribution is 1.58. The summed E-state index contributed by atoms with van der Waals surface area (Å²) < 4.78 is 0. The van der Waals surface area contributed by atoms with Crippen molar-refractivity contribution in [2.24, 2.45) is 0 Å². The molecule has 0 saturated carbocycles. The van der Waals surface area contributed by atoms with E-state index < -0.39 is 0 Å². The number of benzene rings is 5. The van der Waals surface area contributed by atoms with Gasteiger partial charge in [0, 0.05) is 0 Å². The van der Waals surface area contributed by atoms with E-state index in [9.17, 15) is 0 Å². The van der Waals surface area contributed by atoms with Crippen molar-refractivity contribution in [3.63, 3.8) is 0 Å². The molecule has 0 bridgehead atoms. The van der Waals surface area contributed by atoms with Gasteiger partial charge in [-0.3, -0.25) is 0 Å². The maximum atomic E-state index is 2.27. The monoisotopic (exact) mass is 382 g/mol. The van der Waals surface area contributed by atoms with E-state index in [-0.39, 0.29) is 0 Å². The first kappa shape index (κ1) is 18.1. The average Bonchev–Trinajstić information content (AvgIpc) is 2.83. The highest BCUT2D eigenvalue weighted by Gasteiger charge is 2.10. The number of hydrogen-bond donors (Lipinski definition) is 0. The molecule has 0 N–H and O–H groups in total. The van der Waals surface area contributed by atoms with Gasteiger partial charge in [0.15, 0.2) is 0 Å². The third-order valence-corrected chi connectivity index (χ3v) is 5.47. The van der Waals surface area contributed by atoms with Crippen LogP contribution in [0.25, 0.3) is 45.2 Å². The van der Waals surface area contributed by atoms with Gasteiger partial charge in [-0.25, -0.2) is 0 Å². The minimum atomic E-state index is 1.20. The van der Waals surface area contributed by atoms with Crippen LogP contribution >= 0.6 is 0 Å². The van der Waals surface area contributed by atoms with Crippen LogP contribution in [0, 0.1) is 0 Å². The van der Waals surface area contributed by atoms with Gasteiger partial charge in [0.2, 0.25) is 0 Å². The fraction of sp³-hybridized carbons (Fsp3) is 0. The molecule has 0 fully saturated rings. The Kier molecular flexibility index (Phi) is 4.98. The minimum absolute atomic E-state index is 1.20. The fourth-order valence-corrected chi connectivity index (χ4v) is 4.00. The van der Waals surface area contributed by atoms with E-state index in [2.05, 4.69) is 127 Å². The molecular formula is C30H22. The lowest BCUT2D eigenvalue weighted by Crippen LogP contribution is -1.87. The third-order valence-electron chi connectivity index (χ3n) is 5.47. The van der Waals surface area contributed by atoms with Crippen molar-refractivity contribution in [1.29, 1.82) is 0 Å². The average molecular weight is 383 g/mol. The molecule has 0 unspecified atom stereocenters. The van der Waals surface area contributed by atoms with E-state index in [4.69, 9.17) is 0 Å². The van der Waals surface area contributed by atoms with Crippen molar-refractivity contribution < 1.29 is 0 Å². The molecule has 0 heteroatoms. The van der Waals surface area contributed by atoms with Crippen LogP contribution < -0.4 is 0 Å². The molecule has 0 heterocycles. The topological polar surface area (TPSA) is 0 Å². The second-order valence-corrected chi connectivity index (χ2v) is 7.44. The molecule has 30 heavy (non-hydrogen) atoms. The molecule has 0 aliphatic heterocycles. The van der Waals surface area contributed by atoms with Crippen molar-refractivity contribution >= 4 is 22.9 Å². The number of rotatable bonds is 4. The number of hydrogen-bond acceptors (Lipinski definition) is 0. The maximum Gasteiger partial charge on any atom is -0.00992 e. The molecule has 0 aliphatic carbocycles. The summed E-state index contributed by atoms with van der Waals surface area (Å²) in [7, 11) is 0. The Hall–Kier alpha value is -3.90. The first-order valence-electron chi connectivity index (χ1n) is 10.3. The largest absolute Gasteiger partial charge is 0.0622 e. The Morgan fingerprint density at radius 2 is 1.00 bits per heavy atom. The molecule has 0 nitrogen and oxygen atoms in total. The van der Waals surface area contributed by atoms with E-state index in [1.54, 1.807) is 0 Å². The molecule has 0 spiro atoms. The van der Waals surface area contributed by atoms with Crippen molar-refractivity contribution in [3.8, 4) is 22.3 Å². The highest BCUT2D eigenvalue weighted by Crippen LogP contribution is 2.36. The zero-order chi connectivity index (χ0) is 20.2. The standard InChI is InChI=1S/C30H22/c1-2-10-23(11-3-1)20-21-24-12-8-15-26(22-24)28-17-6-7-18-29(28)30-19-9-14-25-13-4-5-16-27(25)30/h1-22H. The van der Waals surface area contributed by atoms with Crippen LogP contribution in [0.3, 0.4) is 0 Å². The predicted molar refractivity (Wildman–Crippen MR) is 130 cm³/mol. The van der Waals surface area contributed by atoms with Crippen LogP contribution in [-0.2, 0) is 0 Å². The number of fused-ring (bicyclic) bond motifs is 1. The zero-order valence-electron chi connectivity index (χ0n) is 16.7. The smallest absolute Gasteiger partial charge is 0.00992 e. The highest BCUT2D eigenvalue weighted by molar-refractivity contribution is 6.00. The minimum Gasteiger partial charge on any atom is -0.0622 e. The summed E-state index contributed by atoms with van der Waals surface area (Å²) in [6, 6.07) is 43.0. The Balaban J connectivity index is 1.59. The van der Waals surface area contributed by atoms with E-state index in [1.807, 2.05) is 6.07 Å². The lowest BCUT2D eigenvalue weighted by atomic mass is 9.91. The van der Waals surface area contributed by atoms with Crippen LogP contribution in [0.5, 0.6) is 0 Å². The Morgan fingerprint density at radius 1 is 0.400 bits per heavy atom. The molecule has 0 aromatic heterocycles. The first-order valence-corrected chi connectivity index (χ1v) is 10.3. The fourth-order valence-electron chi connectivity index (χ4n) is 4.00. The highest BCUT2D eigenvalue weighted by atomic mass is 14.1. The van der Waals surface area contributed by atoms with Crippen molar-refractivity contribution in [3.05, 3.63) is 132 Å². The Morgan fingerprint density at radius 3 is 1.90 bits per heavy atom. The molecule has 0 amide bonds. The zero-order valence-corrected chi connectivity index (χ0v) is 16.7. The molecule has 142 valence electrons. The molecule has 0 atom stereocenters. The van der Waals surface area contributed by atoms with E-state index in [0.717, 1.165) is 0 Å². The second-order valence-electron chi connectivity index (χ2n) is 7.44. The quantitative estimate of drug-likeness (QED) is 0.274. The van der Waals surface area contributed by atoms with E-state index >= 15 is 0 Å². The summed E-state index contributed by atoms with van der Waals surface area (Å²) in [5, 5.41) is 2.55. The molecule has 5 rings (SSSR count). The Bertz CT molecular complexity index is 1320. The Labute approximate surface area is 177 Å². The van der Waals surface area contributed by atoms with Gasteiger partial charge < -0.3 is 0 Å². The maximum absolute atomic E-state index is 2.27. The molecule has 5 aromatic rings. The van der Waals surface area contributed by atoms with Gasteiger partial charge in [-0.05, 0) is 50.2 Å². The molecular weight excluding hydrogens is 360 g/mol. The van der Waals surface area contributed by atoms with Gasteiger partial charge in [-0.2, -0.15) is 0 Å². The van der Waals surface area contributed by atoms with E-state index in [0.29, 0.717) is 0 Å². The van der Waals surface area contributed by atoms with Gasteiger partial charge >= 0.3 is 0 Å². The van der Waals surface area contributed by atoms with Gasteiger partial charge in [0.05, 0.1) is 0 Å². The summed E-state index contributed by atoms with van der Waals surface area (Å²) in [5.74, 6) is 0. The van der Waals surface area contributed by atoms with Crippen LogP contribution in [0.15, 0.2) is 121 Å². The summed E-state index contributed by atoms with van der Waals surface area (Å²) in [6.07, 6.45) is 4.34. The van der Waals surface area contributed by atoms with Gasteiger partial charge in [-0.1, -0.05) is 127 Å². The van der Waals surface area contributed by atoms with Gasteiger partial charge in [-0.15, -0.1) is 0 Å². The van der Waals surface area contributed by atoms with E-state index in [1.165, 1.54) is 44.2 Å². The second kappa shape index (κ2) is 8.23. The normalized spacial score (nSPS) is 11.2. The van der Waals surface area contributed by atoms with Crippen molar-refractivity contribution in [2.45, 2.75) is 0 Å². The molecule has 0 saturated heterocycles. The molecule has 5 aromatic carbocycles. The third kappa shape index (κ3) is 3.68. The van der Waals surface area contributed by atoms with Crippen LogP contribution in [0.2, 0.25) is 0 Å². The summed E-state index contributed by atoms with van der Waals surface area (Å²) in [5.41, 5.74) is 7.42. The van der Waals surface area contributed by atoms with Crippen molar-refractivity contribution in [1.82, 2.24) is 0 Å². The van der Waals surface area contributed by atoms with Gasteiger partial charge in [0.1, 0.15) is 0 Å².